The van der Waals surface area contributed by atoms with Crippen LogP contribution in [0.15, 0.2) is 58.5 Å². The van der Waals surface area contributed by atoms with Crippen LogP contribution < -0.4 is 4.72 Å². The lowest BCUT2D eigenvalue weighted by molar-refractivity contribution is 0.0996. The minimum Gasteiger partial charge on any atom is -0.292 e. The number of Topliss-reactive ketones (excluding diaryl/α,β-unsaturated/α-hetero) is 1. The van der Waals surface area contributed by atoms with Crippen molar-refractivity contribution in [3.63, 3.8) is 0 Å². The molecule has 1 aliphatic carbocycles. The van der Waals surface area contributed by atoms with Gasteiger partial charge in [-0.2, -0.15) is 0 Å². The largest absolute Gasteiger partial charge is 0.292 e. The molecule has 4 nitrogen and oxygen atoms in total. The fraction of sp³-hybridized carbons (Fsp3) is 0.118. The van der Waals surface area contributed by atoms with Crippen LogP contribution in [0.4, 0.5) is 0 Å². The standard InChI is InChI=1S/C17H13Cl2NO3S/c1-10-6-8-11(9-7-10)24(22,23)20-16-12-4-2-3-5-13(12)17(21)15(19)14(16)18/h2-9,15,20H,1H3. The van der Waals surface area contributed by atoms with E-state index in [4.69, 9.17) is 23.2 Å². The van der Waals surface area contributed by atoms with Crippen molar-refractivity contribution < 1.29 is 13.2 Å². The minimum atomic E-state index is -3.86. The average Bonchev–Trinajstić information content (AvgIpc) is 2.57. The molecular weight excluding hydrogens is 369 g/mol. The first-order valence-electron chi connectivity index (χ1n) is 7.08. The van der Waals surface area contributed by atoms with Gasteiger partial charge >= 0.3 is 0 Å². The number of nitrogens with one attached hydrogen (secondary N) is 1. The Morgan fingerprint density at radius 1 is 1.00 bits per heavy atom. The zero-order valence-electron chi connectivity index (χ0n) is 12.6. The molecule has 0 spiro atoms. The molecule has 0 saturated heterocycles. The van der Waals surface area contributed by atoms with Gasteiger partial charge in [-0.25, -0.2) is 8.42 Å². The van der Waals surface area contributed by atoms with Crippen LogP contribution >= 0.6 is 23.2 Å². The van der Waals surface area contributed by atoms with Gasteiger partial charge in [0.05, 0.1) is 15.6 Å². The first-order chi connectivity index (χ1) is 11.3. The molecule has 2 aromatic rings. The quantitative estimate of drug-likeness (QED) is 0.824. The van der Waals surface area contributed by atoms with E-state index in [1.165, 1.54) is 12.1 Å². The van der Waals surface area contributed by atoms with E-state index in [-0.39, 0.29) is 21.4 Å². The van der Waals surface area contributed by atoms with Crippen molar-refractivity contribution >= 4 is 44.7 Å². The molecule has 0 bridgehead atoms. The summed E-state index contributed by atoms with van der Waals surface area (Å²) in [6.45, 7) is 1.87. The summed E-state index contributed by atoms with van der Waals surface area (Å²) in [4.78, 5) is 12.3. The third-order valence-corrected chi connectivity index (χ3v) is 6.02. The Kier molecular flexibility index (Phi) is 4.42. The van der Waals surface area contributed by atoms with E-state index in [1.807, 2.05) is 6.92 Å². The average molecular weight is 382 g/mol. The molecule has 1 aliphatic rings. The number of allylic oxidation sites excluding steroid dienone is 1. The van der Waals surface area contributed by atoms with E-state index >= 15 is 0 Å². The van der Waals surface area contributed by atoms with Crippen LogP contribution in [0.1, 0.15) is 21.5 Å². The van der Waals surface area contributed by atoms with Gasteiger partial charge in [-0.15, -0.1) is 11.6 Å². The van der Waals surface area contributed by atoms with Gasteiger partial charge in [0.2, 0.25) is 0 Å². The topological polar surface area (TPSA) is 63.2 Å². The Labute approximate surface area is 150 Å². The molecule has 0 fully saturated rings. The van der Waals surface area contributed by atoms with Gasteiger partial charge in [-0.3, -0.25) is 9.52 Å². The highest BCUT2D eigenvalue weighted by atomic mass is 35.5. The van der Waals surface area contributed by atoms with Crippen LogP contribution in [-0.4, -0.2) is 19.6 Å². The van der Waals surface area contributed by atoms with Crippen molar-refractivity contribution in [2.45, 2.75) is 17.2 Å². The van der Waals surface area contributed by atoms with Crippen LogP contribution in [0.2, 0.25) is 0 Å². The maximum Gasteiger partial charge on any atom is 0.261 e. The van der Waals surface area contributed by atoms with Gasteiger partial charge in [-0.05, 0) is 19.1 Å². The third kappa shape index (κ3) is 2.95. The van der Waals surface area contributed by atoms with Crippen molar-refractivity contribution in [2.24, 2.45) is 0 Å². The molecule has 24 heavy (non-hydrogen) atoms. The van der Waals surface area contributed by atoms with E-state index in [9.17, 15) is 13.2 Å². The number of ketones is 1. The third-order valence-electron chi connectivity index (χ3n) is 3.72. The van der Waals surface area contributed by atoms with Gasteiger partial charge in [0.25, 0.3) is 10.0 Å². The number of carbonyl (C=O) groups is 1. The first kappa shape index (κ1) is 17.0. The van der Waals surface area contributed by atoms with Crippen molar-refractivity contribution in [3.8, 4) is 0 Å². The predicted molar refractivity (Wildman–Crippen MR) is 94.7 cm³/mol. The van der Waals surface area contributed by atoms with E-state index in [1.54, 1.807) is 36.4 Å². The molecule has 1 atom stereocenters. The maximum atomic E-state index is 12.6. The minimum absolute atomic E-state index is 0.0314. The van der Waals surface area contributed by atoms with E-state index in [0.717, 1.165) is 5.56 Å². The van der Waals surface area contributed by atoms with Crippen LogP contribution in [0.5, 0.6) is 0 Å². The summed E-state index contributed by atoms with van der Waals surface area (Å²) in [5, 5.41) is -1.15. The molecule has 3 rings (SSSR count). The van der Waals surface area contributed by atoms with E-state index in [2.05, 4.69) is 4.72 Å². The first-order valence-corrected chi connectivity index (χ1v) is 9.38. The van der Waals surface area contributed by atoms with Crippen LogP contribution in [0.25, 0.3) is 5.70 Å². The summed E-state index contributed by atoms with van der Waals surface area (Å²) in [6, 6.07) is 13.0. The number of sulfonamides is 1. The monoisotopic (exact) mass is 381 g/mol. The Bertz CT molecular complexity index is 950. The van der Waals surface area contributed by atoms with Gasteiger partial charge in [0, 0.05) is 11.1 Å². The highest BCUT2D eigenvalue weighted by molar-refractivity contribution is 7.89. The lowest BCUT2D eigenvalue weighted by Gasteiger charge is -2.23. The number of alkyl halides is 1. The van der Waals surface area contributed by atoms with Crippen molar-refractivity contribution in [2.75, 3.05) is 0 Å². The second kappa shape index (κ2) is 6.24. The maximum absolute atomic E-state index is 12.6. The fourth-order valence-electron chi connectivity index (χ4n) is 2.44. The molecule has 1 unspecified atom stereocenters. The van der Waals surface area contributed by atoms with Gasteiger partial charge in [0.1, 0.15) is 5.38 Å². The van der Waals surface area contributed by atoms with Crippen molar-refractivity contribution in [3.05, 3.63) is 70.3 Å². The van der Waals surface area contributed by atoms with Crippen molar-refractivity contribution in [1.29, 1.82) is 0 Å². The molecule has 1 N–H and O–H groups in total. The van der Waals surface area contributed by atoms with Gasteiger partial charge in [-0.1, -0.05) is 53.6 Å². The van der Waals surface area contributed by atoms with Crippen molar-refractivity contribution in [1.82, 2.24) is 4.72 Å². The molecule has 0 heterocycles. The molecule has 7 heteroatoms. The summed E-state index contributed by atoms with van der Waals surface area (Å²) in [6.07, 6.45) is 0. The highest BCUT2D eigenvalue weighted by Gasteiger charge is 2.33. The molecule has 2 aromatic carbocycles. The molecule has 0 aliphatic heterocycles. The molecule has 0 saturated carbocycles. The van der Waals surface area contributed by atoms with Gasteiger partial charge in [0.15, 0.2) is 5.78 Å². The normalized spacial score (nSPS) is 17.6. The van der Waals surface area contributed by atoms with Crippen LogP contribution in [0.3, 0.4) is 0 Å². The number of halogens is 2. The molecular formula is C17H13Cl2NO3S. The smallest absolute Gasteiger partial charge is 0.261 e. The highest BCUT2D eigenvalue weighted by Crippen LogP contribution is 2.35. The predicted octanol–water partition coefficient (Wildman–Crippen LogP) is 3.68. The number of fused-ring (bicyclic) bond motifs is 1. The second-order valence-electron chi connectivity index (χ2n) is 5.41. The zero-order valence-corrected chi connectivity index (χ0v) is 14.9. The summed E-state index contributed by atoms with van der Waals surface area (Å²) < 4.78 is 27.7. The summed E-state index contributed by atoms with van der Waals surface area (Å²) in [7, 11) is -3.86. The van der Waals surface area contributed by atoms with Gasteiger partial charge < -0.3 is 0 Å². The van der Waals surface area contributed by atoms with E-state index in [0.29, 0.717) is 11.1 Å². The summed E-state index contributed by atoms with van der Waals surface area (Å²) >= 11 is 12.2. The Morgan fingerprint density at radius 2 is 1.58 bits per heavy atom. The molecule has 0 radical (unpaired) electrons. The van der Waals surface area contributed by atoms with Crippen LogP contribution in [0, 0.1) is 6.92 Å². The SMILES string of the molecule is Cc1ccc(S(=O)(=O)NC2=C(Cl)C(Cl)C(=O)c3ccccc32)cc1. The number of rotatable bonds is 3. The van der Waals surface area contributed by atoms with E-state index < -0.39 is 15.4 Å². The molecule has 0 aromatic heterocycles. The second-order valence-corrected chi connectivity index (χ2v) is 7.94. The summed E-state index contributed by atoms with van der Waals surface area (Å²) in [5.74, 6) is -0.351. The number of hydrogen-bond donors (Lipinski definition) is 1. The number of benzene rings is 2. The zero-order chi connectivity index (χ0) is 17.5. The molecule has 124 valence electrons. The lowest BCUT2D eigenvalue weighted by atomic mass is 9.93. The molecule has 0 amide bonds. The summed E-state index contributed by atoms with van der Waals surface area (Å²) in [5.41, 5.74) is 1.83. The Balaban J connectivity index is 2.08. The number of carbonyl (C=O) groups excluding carboxylic acids is 1. The fourth-order valence-corrected chi connectivity index (χ4v) is 4.07. The lowest BCUT2D eigenvalue weighted by Crippen LogP contribution is -2.30. The Hall–Kier alpha value is -1.82. The number of hydrogen-bond acceptors (Lipinski definition) is 3. The van der Waals surface area contributed by atoms with Crippen LogP contribution in [-0.2, 0) is 10.0 Å². The number of aryl methyl sites for hydroxylation is 1. The Morgan fingerprint density at radius 3 is 2.21 bits per heavy atom.